The van der Waals surface area contributed by atoms with E-state index >= 15 is 0 Å². The van der Waals surface area contributed by atoms with Crippen LogP contribution < -0.4 is 4.72 Å². The van der Waals surface area contributed by atoms with Crippen molar-refractivity contribution >= 4 is 22.1 Å². The van der Waals surface area contributed by atoms with Crippen LogP contribution in [0.3, 0.4) is 0 Å². The van der Waals surface area contributed by atoms with Gasteiger partial charge in [0.1, 0.15) is 0 Å². The van der Waals surface area contributed by atoms with Crippen molar-refractivity contribution in [1.82, 2.24) is 4.72 Å². The zero-order valence-electron chi connectivity index (χ0n) is 10.5. The summed E-state index contributed by atoms with van der Waals surface area (Å²) >= 11 is 0. The minimum absolute atomic E-state index is 0.446. The molecule has 1 rings (SSSR count). The highest BCUT2D eigenvalue weighted by Gasteiger charge is 2.26. The van der Waals surface area contributed by atoms with E-state index in [2.05, 4.69) is 0 Å². The van der Waals surface area contributed by atoms with Crippen molar-refractivity contribution in [3.8, 4) is 0 Å². The highest BCUT2D eigenvalue weighted by molar-refractivity contribution is 7.89. The Hall–Kier alpha value is -1.80. The quantitative estimate of drug-likeness (QED) is 0.787. The minimum atomic E-state index is -4.68. The Morgan fingerprint density at radius 1 is 1.40 bits per heavy atom. The summed E-state index contributed by atoms with van der Waals surface area (Å²) in [5, 5.41) is 8.51. The summed E-state index contributed by atoms with van der Waals surface area (Å²) in [6, 6.07) is 5.39. The van der Waals surface area contributed by atoms with Crippen LogP contribution in [0.15, 0.2) is 30.3 Å². The van der Waals surface area contributed by atoms with Gasteiger partial charge in [-0.25, -0.2) is 17.9 Å². The Balaban J connectivity index is 2.92. The number of sulfonamides is 1. The minimum Gasteiger partial charge on any atom is -0.478 e. The van der Waals surface area contributed by atoms with Gasteiger partial charge in [0.25, 0.3) is 10.0 Å². The Labute approximate surface area is 115 Å². The van der Waals surface area contributed by atoms with Crippen molar-refractivity contribution in [3.05, 3.63) is 41.5 Å². The molecule has 5 nitrogen and oxygen atoms in total. The van der Waals surface area contributed by atoms with E-state index in [-0.39, 0.29) is 0 Å². The van der Waals surface area contributed by atoms with Gasteiger partial charge in [-0.3, -0.25) is 0 Å². The second-order valence-corrected chi connectivity index (χ2v) is 5.67. The van der Waals surface area contributed by atoms with Crippen molar-refractivity contribution in [2.75, 3.05) is 0 Å². The summed E-state index contributed by atoms with van der Waals surface area (Å²) < 4.78 is 48.5. The van der Waals surface area contributed by atoms with Gasteiger partial charge in [-0.1, -0.05) is 24.3 Å². The molecule has 0 radical (unpaired) electrons. The molecule has 20 heavy (non-hydrogen) atoms. The number of nitrogens with one attached hydrogen (secondary N) is 1. The summed E-state index contributed by atoms with van der Waals surface area (Å²) in [4.78, 5) is 10.4. The summed E-state index contributed by atoms with van der Waals surface area (Å²) in [5.74, 6) is -4.62. The maximum atomic E-state index is 12.3. The molecule has 8 heteroatoms. The lowest BCUT2D eigenvalue weighted by Crippen LogP contribution is -2.31. The van der Waals surface area contributed by atoms with E-state index in [0.29, 0.717) is 11.1 Å². The van der Waals surface area contributed by atoms with Crippen molar-refractivity contribution in [1.29, 1.82) is 0 Å². The summed E-state index contributed by atoms with van der Waals surface area (Å²) in [7, 11) is -4.68. The van der Waals surface area contributed by atoms with Gasteiger partial charge in [0.2, 0.25) is 0 Å². The number of carboxylic acids is 1. The molecule has 0 heterocycles. The van der Waals surface area contributed by atoms with E-state index in [4.69, 9.17) is 5.11 Å². The summed E-state index contributed by atoms with van der Waals surface area (Å²) in [5.41, 5.74) is 0.967. The topological polar surface area (TPSA) is 83.5 Å². The van der Waals surface area contributed by atoms with Crippen LogP contribution in [0.25, 0.3) is 6.08 Å². The smallest absolute Gasteiger partial charge is 0.350 e. The number of hydrogen-bond donors (Lipinski definition) is 2. The Morgan fingerprint density at radius 3 is 2.60 bits per heavy atom. The Morgan fingerprint density at radius 2 is 2.05 bits per heavy atom. The lowest BCUT2D eigenvalue weighted by molar-refractivity contribution is -0.131. The number of aliphatic carboxylic acids is 1. The van der Waals surface area contributed by atoms with Gasteiger partial charge < -0.3 is 5.11 Å². The van der Waals surface area contributed by atoms with Gasteiger partial charge in [0.15, 0.2) is 0 Å². The molecule has 0 aliphatic heterocycles. The van der Waals surface area contributed by atoms with Gasteiger partial charge in [0.05, 0.1) is 0 Å². The third-order valence-electron chi connectivity index (χ3n) is 2.40. The molecule has 0 amide bonds. The molecule has 0 saturated carbocycles. The van der Waals surface area contributed by atoms with E-state index in [1.165, 1.54) is 19.1 Å². The zero-order valence-corrected chi connectivity index (χ0v) is 11.3. The molecular weight excluding hydrogens is 292 g/mol. The SMILES string of the molecule is CC(NS(=O)(=O)C(F)F)c1cccc(C=CC(=O)O)c1. The van der Waals surface area contributed by atoms with Crippen molar-refractivity contribution in [2.24, 2.45) is 0 Å². The molecule has 0 aliphatic carbocycles. The average Bonchev–Trinajstić information content (AvgIpc) is 2.36. The maximum Gasteiger partial charge on any atom is 0.350 e. The summed E-state index contributed by atoms with van der Waals surface area (Å²) in [6.07, 6.45) is 2.24. The number of alkyl halides is 2. The molecule has 110 valence electrons. The number of carboxylic acid groups (broad SMARTS) is 1. The normalized spacial score (nSPS) is 13.8. The van der Waals surface area contributed by atoms with Crippen LogP contribution in [0.5, 0.6) is 0 Å². The Bertz CT molecular complexity index is 614. The van der Waals surface area contributed by atoms with Crippen molar-refractivity contribution in [3.63, 3.8) is 0 Å². The number of halogens is 2. The molecule has 0 fully saturated rings. The molecule has 2 N–H and O–H groups in total. The van der Waals surface area contributed by atoms with Crippen LogP contribution in [-0.4, -0.2) is 25.3 Å². The van der Waals surface area contributed by atoms with Crippen molar-refractivity contribution < 1.29 is 27.1 Å². The number of carbonyl (C=O) groups is 1. The fourth-order valence-corrected chi connectivity index (χ4v) is 2.20. The van der Waals surface area contributed by atoms with Crippen LogP contribution in [0, 0.1) is 0 Å². The third kappa shape index (κ3) is 4.71. The maximum absolute atomic E-state index is 12.3. The molecule has 0 spiro atoms. The standard InChI is InChI=1S/C12H13F2NO4S/c1-8(15-20(18,19)12(13)14)10-4-2-3-9(7-10)5-6-11(16)17/h2-8,12,15H,1H3,(H,16,17). The van der Waals surface area contributed by atoms with Crippen LogP contribution in [0.2, 0.25) is 0 Å². The first-order valence-electron chi connectivity index (χ1n) is 5.52. The third-order valence-corrected chi connectivity index (χ3v) is 3.56. The van der Waals surface area contributed by atoms with Gasteiger partial charge in [0, 0.05) is 12.1 Å². The van der Waals surface area contributed by atoms with Gasteiger partial charge in [-0.2, -0.15) is 8.78 Å². The van der Waals surface area contributed by atoms with Crippen LogP contribution in [0.1, 0.15) is 24.1 Å². The predicted molar refractivity (Wildman–Crippen MR) is 69.6 cm³/mol. The zero-order chi connectivity index (χ0) is 15.3. The fraction of sp³-hybridized carbons (Fsp3) is 0.250. The highest BCUT2D eigenvalue weighted by Crippen LogP contribution is 2.17. The van der Waals surface area contributed by atoms with Crippen LogP contribution in [0.4, 0.5) is 8.78 Å². The molecule has 1 unspecified atom stereocenters. The fourth-order valence-electron chi connectivity index (χ4n) is 1.47. The first kappa shape index (κ1) is 16.3. The van der Waals surface area contributed by atoms with Gasteiger partial charge in [-0.05, 0) is 24.1 Å². The number of hydrogen-bond acceptors (Lipinski definition) is 3. The van der Waals surface area contributed by atoms with E-state index in [0.717, 1.165) is 6.08 Å². The second kappa shape index (κ2) is 6.58. The lowest BCUT2D eigenvalue weighted by atomic mass is 10.1. The van der Waals surface area contributed by atoms with E-state index in [1.54, 1.807) is 18.2 Å². The van der Waals surface area contributed by atoms with E-state index in [1.807, 2.05) is 4.72 Å². The molecule has 1 atom stereocenters. The van der Waals surface area contributed by atoms with Crippen molar-refractivity contribution in [2.45, 2.75) is 18.7 Å². The molecule has 0 aliphatic rings. The monoisotopic (exact) mass is 305 g/mol. The molecular formula is C12H13F2NO4S. The van der Waals surface area contributed by atoms with Crippen LogP contribution in [-0.2, 0) is 14.8 Å². The summed E-state index contributed by atoms with van der Waals surface area (Å²) in [6.45, 7) is 1.42. The molecule has 1 aromatic rings. The molecule has 0 saturated heterocycles. The largest absolute Gasteiger partial charge is 0.478 e. The van der Waals surface area contributed by atoms with Crippen LogP contribution >= 0.6 is 0 Å². The van der Waals surface area contributed by atoms with E-state index < -0.39 is 27.8 Å². The predicted octanol–water partition coefficient (Wildman–Crippen LogP) is 1.99. The first-order chi connectivity index (χ1) is 9.22. The van der Waals surface area contributed by atoms with E-state index in [9.17, 15) is 22.0 Å². The number of benzene rings is 1. The molecule has 1 aromatic carbocycles. The highest BCUT2D eigenvalue weighted by atomic mass is 32.2. The molecule has 0 bridgehead atoms. The first-order valence-corrected chi connectivity index (χ1v) is 7.07. The van der Waals surface area contributed by atoms with Gasteiger partial charge >= 0.3 is 11.7 Å². The lowest BCUT2D eigenvalue weighted by Gasteiger charge is -2.14. The van der Waals surface area contributed by atoms with Gasteiger partial charge in [-0.15, -0.1) is 0 Å². The molecule has 0 aromatic heterocycles. The Kier molecular flexibility index (Phi) is 5.34. The number of rotatable bonds is 6. The second-order valence-electron chi connectivity index (χ2n) is 3.99. The average molecular weight is 305 g/mol.